The normalized spacial score (nSPS) is 11.0. The highest BCUT2D eigenvalue weighted by atomic mass is 15.1. The van der Waals surface area contributed by atoms with E-state index in [2.05, 4.69) is 39.4 Å². The molecule has 4 heteroatoms. The van der Waals surface area contributed by atoms with Gasteiger partial charge in [0, 0.05) is 17.3 Å². The zero-order chi connectivity index (χ0) is 13.2. The molecule has 96 valence electrons. The molecule has 2 aromatic heterocycles. The van der Waals surface area contributed by atoms with E-state index in [1.165, 1.54) is 11.1 Å². The highest BCUT2D eigenvalue weighted by Gasteiger charge is 2.03. The van der Waals surface area contributed by atoms with Crippen LogP contribution in [0.15, 0.2) is 36.5 Å². The molecule has 3 aromatic rings. The number of aryl methyl sites for hydroxylation is 3. The Hall–Kier alpha value is -2.36. The number of H-pyrrole nitrogens is 1. The van der Waals surface area contributed by atoms with Crippen LogP contribution in [0.25, 0.3) is 10.9 Å². The molecule has 2 heterocycles. The van der Waals surface area contributed by atoms with Crippen LogP contribution in [0.2, 0.25) is 0 Å². The van der Waals surface area contributed by atoms with Gasteiger partial charge < -0.3 is 5.73 Å². The number of aromatic amines is 1. The minimum atomic E-state index is 0.557. The summed E-state index contributed by atoms with van der Waals surface area (Å²) in [7, 11) is 0. The highest BCUT2D eigenvalue weighted by Crippen LogP contribution is 2.19. The molecule has 0 atom stereocenters. The second-order valence-corrected chi connectivity index (χ2v) is 4.82. The third-order valence-electron chi connectivity index (χ3n) is 3.30. The first-order valence-electron chi connectivity index (χ1n) is 6.36. The van der Waals surface area contributed by atoms with Crippen LogP contribution in [0.3, 0.4) is 0 Å². The van der Waals surface area contributed by atoms with Crippen LogP contribution in [0.5, 0.6) is 0 Å². The number of pyridine rings is 1. The Morgan fingerprint density at radius 1 is 1.16 bits per heavy atom. The topological polar surface area (TPSA) is 67.6 Å². The van der Waals surface area contributed by atoms with E-state index >= 15 is 0 Å². The van der Waals surface area contributed by atoms with Crippen LogP contribution in [-0.4, -0.2) is 15.2 Å². The zero-order valence-electron chi connectivity index (χ0n) is 10.9. The lowest BCUT2D eigenvalue weighted by atomic mass is 10.1. The Morgan fingerprint density at radius 2 is 2.05 bits per heavy atom. The maximum atomic E-state index is 5.75. The van der Waals surface area contributed by atoms with Crippen molar-refractivity contribution in [3.8, 4) is 0 Å². The highest BCUT2D eigenvalue weighted by molar-refractivity contribution is 5.88. The fourth-order valence-electron chi connectivity index (χ4n) is 2.16. The smallest absolute Gasteiger partial charge is 0.153 e. The van der Waals surface area contributed by atoms with Crippen molar-refractivity contribution in [2.24, 2.45) is 0 Å². The molecule has 0 aliphatic carbocycles. The molecule has 0 unspecified atom stereocenters. The van der Waals surface area contributed by atoms with E-state index in [-0.39, 0.29) is 0 Å². The van der Waals surface area contributed by atoms with E-state index in [1.807, 2.05) is 19.2 Å². The quantitative estimate of drug-likeness (QED) is 0.753. The zero-order valence-corrected chi connectivity index (χ0v) is 10.9. The van der Waals surface area contributed by atoms with Crippen molar-refractivity contribution in [2.45, 2.75) is 19.8 Å². The number of anilines is 1. The van der Waals surface area contributed by atoms with E-state index in [9.17, 15) is 0 Å². The number of nitrogen functional groups attached to an aromatic ring is 1. The van der Waals surface area contributed by atoms with Gasteiger partial charge in [0.25, 0.3) is 0 Å². The first-order valence-corrected chi connectivity index (χ1v) is 6.36. The van der Waals surface area contributed by atoms with E-state index in [0.29, 0.717) is 5.82 Å². The van der Waals surface area contributed by atoms with E-state index < -0.39 is 0 Å². The molecule has 19 heavy (non-hydrogen) atoms. The molecular weight excluding hydrogens is 236 g/mol. The summed E-state index contributed by atoms with van der Waals surface area (Å²) >= 11 is 0. The summed E-state index contributed by atoms with van der Waals surface area (Å²) in [4.78, 5) is 4.42. The van der Waals surface area contributed by atoms with Crippen LogP contribution < -0.4 is 5.73 Å². The van der Waals surface area contributed by atoms with Crippen molar-refractivity contribution in [3.05, 3.63) is 53.3 Å². The van der Waals surface area contributed by atoms with Crippen molar-refractivity contribution in [2.75, 3.05) is 5.73 Å². The van der Waals surface area contributed by atoms with Gasteiger partial charge >= 0.3 is 0 Å². The maximum absolute atomic E-state index is 5.75. The van der Waals surface area contributed by atoms with E-state index in [4.69, 9.17) is 5.73 Å². The molecule has 0 spiro atoms. The molecule has 0 saturated heterocycles. The number of benzene rings is 1. The fourth-order valence-corrected chi connectivity index (χ4v) is 2.16. The number of nitrogens with zero attached hydrogens (tertiary/aromatic N) is 2. The summed E-state index contributed by atoms with van der Waals surface area (Å²) in [6.45, 7) is 2.05. The molecule has 0 bridgehead atoms. The Morgan fingerprint density at radius 3 is 2.84 bits per heavy atom. The fraction of sp³-hybridized carbons (Fsp3) is 0.200. The van der Waals surface area contributed by atoms with Crippen molar-refractivity contribution in [3.63, 3.8) is 0 Å². The van der Waals surface area contributed by atoms with Gasteiger partial charge in [-0.25, -0.2) is 0 Å². The van der Waals surface area contributed by atoms with Crippen molar-refractivity contribution >= 4 is 16.7 Å². The first kappa shape index (κ1) is 11.7. The van der Waals surface area contributed by atoms with Gasteiger partial charge in [0.05, 0.1) is 5.52 Å². The third kappa shape index (κ3) is 2.42. The first-order chi connectivity index (χ1) is 9.22. The summed E-state index contributed by atoms with van der Waals surface area (Å²) in [6.07, 6.45) is 3.81. The van der Waals surface area contributed by atoms with Crippen LogP contribution in [0.4, 0.5) is 5.82 Å². The SMILES string of the molecule is Cc1ccc(CCc2ccc3c(N)n[nH]c3c2)nc1. The van der Waals surface area contributed by atoms with Gasteiger partial charge in [-0.3, -0.25) is 10.1 Å². The number of aromatic nitrogens is 3. The number of hydrogen-bond donors (Lipinski definition) is 2. The number of rotatable bonds is 3. The molecule has 4 nitrogen and oxygen atoms in total. The third-order valence-corrected chi connectivity index (χ3v) is 3.30. The number of hydrogen-bond acceptors (Lipinski definition) is 3. The monoisotopic (exact) mass is 252 g/mol. The predicted octanol–water partition coefficient (Wildman–Crippen LogP) is 2.63. The minimum Gasteiger partial charge on any atom is -0.382 e. The summed E-state index contributed by atoms with van der Waals surface area (Å²) in [5.74, 6) is 0.557. The van der Waals surface area contributed by atoms with E-state index in [0.717, 1.165) is 29.4 Å². The van der Waals surface area contributed by atoms with Gasteiger partial charge in [-0.2, -0.15) is 5.10 Å². The lowest BCUT2D eigenvalue weighted by molar-refractivity contribution is 0.912. The summed E-state index contributed by atoms with van der Waals surface area (Å²) in [6, 6.07) is 10.4. The van der Waals surface area contributed by atoms with Crippen molar-refractivity contribution < 1.29 is 0 Å². The Labute approximate surface area is 111 Å². The van der Waals surface area contributed by atoms with Gasteiger partial charge in [0.1, 0.15) is 0 Å². The Kier molecular flexibility index (Phi) is 2.91. The second kappa shape index (κ2) is 4.72. The Bertz CT molecular complexity index is 698. The van der Waals surface area contributed by atoms with Crippen LogP contribution in [-0.2, 0) is 12.8 Å². The van der Waals surface area contributed by atoms with Crippen LogP contribution in [0, 0.1) is 6.92 Å². The van der Waals surface area contributed by atoms with Crippen molar-refractivity contribution in [1.29, 1.82) is 0 Å². The predicted molar refractivity (Wildman–Crippen MR) is 76.9 cm³/mol. The second-order valence-electron chi connectivity index (χ2n) is 4.82. The number of nitrogens with two attached hydrogens (primary N) is 1. The van der Waals surface area contributed by atoms with Crippen LogP contribution in [0.1, 0.15) is 16.8 Å². The lowest BCUT2D eigenvalue weighted by Crippen LogP contribution is -1.94. The molecule has 0 saturated carbocycles. The lowest BCUT2D eigenvalue weighted by Gasteiger charge is -2.02. The standard InChI is InChI=1S/C15H16N4/c1-10-2-5-12(17-9-10)6-3-11-4-7-13-14(8-11)18-19-15(13)16/h2,4-5,7-9H,3,6H2,1H3,(H3,16,18,19). The molecular formula is C15H16N4. The van der Waals surface area contributed by atoms with Gasteiger partial charge in [-0.15, -0.1) is 0 Å². The van der Waals surface area contributed by atoms with Gasteiger partial charge in [-0.1, -0.05) is 12.1 Å². The Balaban J connectivity index is 1.76. The number of nitrogens with one attached hydrogen (secondary N) is 1. The van der Waals surface area contributed by atoms with E-state index in [1.54, 1.807) is 0 Å². The maximum Gasteiger partial charge on any atom is 0.153 e. The van der Waals surface area contributed by atoms with Gasteiger partial charge in [-0.05, 0) is 49.1 Å². The number of fused-ring (bicyclic) bond motifs is 1. The summed E-state index contributed by atoms with van der Waals surface area (Å²) in [5.41, 5.74) is 10.3. The molecule has 1 aromatic carbocycles. The largest absolute Gasteiger partial charge is 0.382 e. The van der Waals surface area contributed by atoms with Crippen LogP contribution >= 0.6 is 0 Å². The average molecular weight is 252 g/mol. The molecule has 3 rings (SSSR count). The molecule has 0 radical (unpaired) electrons. The molecule has 3 N–H and O–H groups in total. The average Bonchev–Trinajstić information content (AvgIpc) is 2.79. The minimum absolute atomic E-state index is 0.557. The molecule has 0 fully saturated rings. The molecule has 0 amide bonds. The summed E-state index contributed by atoms with van der Waals surface area (Å²) in [5, 5.41) is 7.93. The summed E-state index contributed by atoms with van der Waals surface area (Å²) < 4.78 is 0. The van der Waals surface area contributed by atoms with Crippen molar-refractivity contribution in [1.82, 2.24) is 15.2 Å². The molecule has 0 aliphatic rings. The molecule has 0 aliphatic heterocycles. The van der Waals surface area contributed by atoms with Gasteiger partial charge in [0.2, 0.25) is 0 Å². The van der Waals surface area contributed by atoms with Gasteiger partial charge in [0.15, 0.2) is 5.82 Å².